The molecule has 2 heterocycles. The Bertz CT molecular complexity index is 1000. The van der Waals surface area contributed by atoms with Crippen LogP contribution in [0.4, 0.5) is 0 Å². The van der Waals surface area contributed by atoms with Crippen LogP contribution in [0.15, 0.2) is 23.0 Å². The summed E-state index contributed by atoms with van der Waals surface area (Å²) in [5, 5.41) is 0. The molecule has 0 spiro atoms. The molecular weight excluding hydrogens is 306 g/mol. The molecule has 0 aliphatic carbocycles. The summed E-state index contributed by atoms with van der Waals surface area (Å²) >= 11 is 0. The second-order valence-electron chi connectivity index (χ2n) is 5.84. The summed E-state index contributed by atoms with van der Waals surface area (Å²) in [4.78, 5) is 35.5. The highest BCUT2D eigenvalue weighted by molar-refractivity contribution is 6.01. The first-order valence-corrected chi connectivity index (χ1v) is 7.81. The fourth-order valence-corrected chi connectivity index (χ4v) is 2.65. The number of fused-ring (bicyclic) bond motifs is 1. The summed E-state index contributed by atoms with van der Waals surface area (Å²) in [6, 6.07) is 5.71. The number of imidazole rings is 1. The molecule has 24 heavy (non-hydrogen) atoms. The SMILES string of the molecule is CCCc1nc(C(N)=O)c2[nH]c(=O)n(-c3ccc(C)c(C)c3)c2n1. The van der Waals surface area contributed by atoms with Crippen LogP contribution in [0.2, 0.25) is 0 Å². The molecule has 3 N–H and O–H groups in total. The Morgan fingerprint density at radius 3 is 2.62 bits per heavy atom. The molecular formula is C17H19N5O2. The van der Waals surface area contributed by atoms with Crippen molar-refractivity contribution in [2.75, 3.05) is 0 Å². The highest BCUT2D eigenvalue weighted by Gasteiger charge is 2.19. The van der Waals surface area contributed by atoms with Gasteiger partial charge in [-0.1, -0.05) is 13.0 Å². The second kappa shape index (κ2) is 5.92. The molecule has 124 valence electrons. The maximum atomic E-state index is 12.5. The van der Waals surface area contributed by atoms with Gasteiger partial charge in [-0.2, -0.15) is 0 Å². The van der Waals surface area contributed by atoms with Crippen molar-refractivity contribution in [1.29, 1.82) is 0 Å². The van der Waals surface area contributed by atoms with Gasteiger partial charge < -0.3 is 10.7 Å². The van der Waals surface area contributed by atoms with Gasteiger partial charge in [-0.3, -0.25) is 4.79 Å². The Morgan fingerprint density at radius 1 is 1.25 bits per heavy atom. The number of rotatable bonds is 4. The quantitative estimate of drug-likeness (QED) is 0.762. The molecule has 0 saturated heterocycles. The molecule has 0 bridgehead atoms. The van der Waals surface area contributed by atoms with Gasteiger partial charge in [-0.15, -0.1) is 0 Å². The van der Waals surface area contributed by atoms with Crippen LogP contribution >= 0.6 is 0 Å². The molecule has 0 aliphatic rings. The molecule has 0 saturated carbocycles. The first kappa shape index (κ1) is 15.9. The van der Waals surface area contributed by atoms with E-state index in [4.69, 9.17) is 5.73 Å². The molecule has 7 nitrogen and oxygen atoms in total. The number of aromatic amines is 1. The molecule has 1 amide bonds. The third-order valence-corrected chi connectivity index (χ3v) is 4.04. The van der Waals surface area contributed by atoms with Gasteiger partial charge in [0.2, 0.25) is 0 Å². The minimum absolute atomic E-state index is 0.0446. The Kier molecular flexibility index (Phi) is 3.92. The summed E-state index contributed by atoms with van der Waals surface area (Å²) in [5.41, 5.74) is 8.61. The van der Waals surface area contributed by atoms with Crippen LogP contribution in [0.5, 0.6) is 0 Å². The standard InChI is InChI=1S/C17H19N5O2/c1-4-5-12-19-13(15(18)23)14-16(20-12)22(17(24)21-14)11-7-6-9(2)10(3)8-11/h6-8H,4-5H2,1-3H3,(H2,18,23)(H,21,24). The van der Waals surface area contributed by atoms with Gasteiger partial charge >= 0.3 is 5.69 Å². The fourth-order valence-electron chi connectivity index (χ4n) is 2.65. The molecule has 0 fully saturated rings. The van der Waals surface area contributed by atoms with Crippen LogP contribution in [-0.2, 0) is 6.42 Å². The van der Waals surface area contributed by atoms with E-state index in [1.165, 1.54) is 4.57 Å². The Hall–Kier alpha value is -2.96. The van der Waals surface area contributed by atoms with E-state index in [-0.39, 0.29) is 16.9 Å². The van der Waals surface area contributed by atoms with Crippen LogP contribution in [0, 0.1) is 13.8 Å². The largest absolute Gasteiger partial charge is 0.364 e. The lowest BCUT2D eigenvalue weighted by Gasteiger charge is -2.07. The third-order valence-electron chi connectivity index (χ3n) is 4.04. The average molecular weight is 325 g/mol. The highest BCUT2D eigenvalue weighted by Crippen LogP contribution is 2.19. The van der Waals surface area contributed by atoms with E-state index >= 15 is 0 Å². The van der Waals surface area contributed by atoms with Crippen molar-refractivity contribution in [2.45, 2.75) is 33.6 Å². The van der Waals surface area contributed by atoms with Gasteiger partial charge in [0.15, 0.2) is 11.3 Å². The van der Waals surface area contributed by atoms with Gasteiger partial charge in [-0.05, 0) is 43.5 Å². The lowest BCUT2D eigenvalue weighted by molar-refractivity contribution is 0.0996. The number of benzene rings is 1. The van der Waals surface area contributed by atoms with E-state index < -0.39 is 5.91 Å². The Labute approximate surface area is 138 Å². The summed E-state index contributed by atoms with van der Waals surface area (Å²) in [6.45, 7) is 5.97. The predicted molar refractivity (Wildman–Crippen MR) is 91.5 cm³/mol. The zero-order chi connectivity index (χ0) is 17.4. The lowest BCUT2D eigenvalue weighted by Crippen LogP contribution is -2.16. The summed E-state index contributed by atoms with van der Waals surface area (Å²) in [6.07, 6.45) is 1.42. The van der Waals surface area contributed by atoms with Crippen LogP contribution < -0.4 is 11.4 Å². The van der Waals surface area contributed by atoms with E-state index in [1.807, 2.05) is 39.0 Å². The van der Waals surface area contributed by atoms with E-state index in [1.54, 1.807) is 0 Å². The average Bonchev–Trinajstić information content (AvgIpc) is 2.85. The van der Waals surface area contributed by atoms with E-state index in [0.29, 0.717) is 23.6 Å². The number of nitrogens with one attached hydrogen (secondary N) is 1. The smallest absolute Gasteiger partial charge is 0.332 e. The molecule has 0 unspecified atom stereocenters. The third kappa shape index (κ3) is 2.58. The van der Waals surface area contributed by atoms with Crippen molar-refractivity contribution in [1.82, 2.24) is 19.5 Å². The van der Waals surface area contributed by atoms with Crippen LogP contribution in [-0.4, -0.2) is 25.4 Å². The zero-order valence-electron chi connectivity index (χ0n) is 13.9. The minimum atomic E-state index is -0.687. The van der Waals surface area contributed by atoms with Gasteiger partial charge in [0, 0.05) is 6.42 Å². The van der Waals surface area contributed by atoms with Crippen LogP contribution in [0.3, 0.4) is 0 Å². The van der Waals surface area contributed by atoms with Crippen LogP contribution in [0.25, 0.3) is 16.9 Å². The number of hydrogen-bond acceptors (Lipinski definition) is 4. The van der Waals surface area contributed by atoms with Crippen molar-refractivity contribution in [3.05, 3.63) is 51.3 Å². The Morgan fingerprint density at radius 2 is 2.00 bits per heavy atom. The van der Waals surface area contributed by atoms with Crippen molar-refractivity contribution >= 4 is 17.1 Å². The highest BCUT2D eigenvalue weighted by atomic mass is 16.2. The van der Waals surface area contributed by atoms with Crippen LogP contribution in [0.1, 0.15) is 40.8 Å². The molecule has 2 aromatic heterocycles. The molecule has 0 radical (unpaired) electrons. The molecule has 1 aromatic carbocycles. The fraction of sp³-hybridized carbons (Fsp3) is 0.294. The summed E-state index contributed by atoms with van der Waals surface area (Å²) < 4.78 is 1.45. The number of H-pyrrole nitrogens is 1. The number of carbonyl (C=O) groups is 1. The predicted octanol–water partition coefficient (Wildman–Crippen LogP) is 1.78. The Balaban J connectivity index is 2.35. The molecule has 7 heteroatoms. The molecule has 0 aliphatic heterocycles. The number of hydrogen-bond donors (Lipinski definition) is 2. The number of nitrogens with zero attached hydrogens (tertiary/aromatic N) is 3. The maximum absolute atomic E-state index is 12.5. The first-order valence-electron chi connectivity index (χ1n) is 7.81. The number of carbonyl (C=O) groups excluding carboxylic acids is 1. The van der Waals surface area contributed by atoms with E-state index in [0.717, 1.165) is 17.5 Å². The number of amides is 1. The van der Waals surface area contributed by atoms with E-state index in [9.17, 15) is 9.59 Å². The topological polar surface area (TPSA) is 107 Å². The van der Waals surface area contributed by atoms with Crippen molar-refractivity contribution in [3.63, 3.8) is 0 Å². The number of primary amides is 1. The molecule has 3 aromatic rings. The maximum Gasteiger partial charge on any atom is 0.332 e. The number of nitrogens with two attached hydrogens (primary N) is 1. The normalized spacial score (nSPS) is 11.1. The van der Waals surface area contributed by atoms with Gasteiger partial charge in [-0.25, -0.2) is 19.3 Å². The van der Waals surface area contributed by atoms with Crippen molar-refractivity contribution < 1.29 is 4.79 Å². The van der Waals surface area contributed by atoms with Crippen molar-refractivity contribution in [2.24, 2.45) is 5.73 Å². The van der Waals surface area contributed by atoms with Gasteiger partial charge in [0.1, 0.15) is 11.3 Å². The van der Waals surface area contributed by atoms with Crippen molar-refractivity contribution in [3.8, 4) is 5.69 Å². The first-order chi connectivity index (χ1) is 11.4. The number of aromatic nitrogens is 4. The second-order valence-corrected chi connectivity index (χ2v) is 5.84. The molecule has 3 rings (SSSR count). The van der Waals surface area contributed by atoms with E-state index in [2.05, 4.69) is 15.0 Å². The monoisotopic (exact) mass is 325 g/mol. The van der Waals surface area contributed by atoms with Gasteiger partial charge in [0.05, 0.1) is 5.69 Å². The summed E-state index contributed by atoms with van der Waals surface area (Å²) in [5.74, 6) is -0.191. The molecule has 0 atom stereocenters. The number of aryl methyl sites for hydroxylation is 3. The lowest BCUT2D eigenvalue weighted by atomic mass is 10.1. The minimum Gasteiger partial charge on any atom is -0.364 e. The van der Waals surface area contributed by atoms with Gasteiger partial charge in [0.25, 0.3) is 5.91 Å². The summed E-state index contributed by atoms with van der Waals surface area (Å²) in [7, 11) is 0. The zero-order valence-corrected chi connectivity index (χ0v) is 13.9.